The molecule has 0 aliphatic heterocycles. The molecule has 0 bridgehead atoms. The zero-order chi connectivity index (χ0) is 18.5. The Morgan fingerprint density at radius 1 is 1.15 bits per heavy atom. The predicted octanol–water partition coefficient (Wildman–Crippen LogP) is 4.61. The molecule has 0 fully saturated rings. The molecule has 1 heterocycles. The minimum Gasteiger partial charge on any atom is -0.399 e. The number of fused-ring (bicyclic) bond motifs is 1. The zero-order valence-electron chi connectivity index (χ0n) is 15.2. The van der Waals surface area contributed by atoms with Crippen LogP contribution in [0.25, 0.3) is 22.2 Å². The van der Waals surface area contributed by atoms with Crippen molar-refractivity contribution in [2.24, 2.45) is 0 Å². The first kappa shape index (κ1) is 18.6. The maximum atomic E-state index is 6.45. The van der Waals surface area contributed by atoms with E-state index in [2.05, 4.69) is 24.0 Å². The lowest BCUT2D eigenvalue weighted by atomic mass is 10.0. The quantitative estimate of drug-likeness (QED) is 0.618. The fourth-order valence-corrected chi connectivity index (χ4v) is 3.24. The summed E-state index contributed by atoms with van der Waals surface area (Å²) < 4.78 is 5.24. The third kappa shape index (κ3) is 4.15. The Morgan fingerprint density at radius 3 is 2.62 bits per heavy atom. The molecule has 1 aromatic heterocycles. The van der Waals surface area contributed by atoms with Crippen molar-refractivity contribution in [1.82, 2.24) is 9.88 Å². The fraction of sp³-hybridized carbons (Fsp3) is 0.286. The summed E-state index contributed by atoms with van der Waals surface area (Å²) in [5.41, 5.74) is 10.5. The molecule has 0 aliphatic carbocycles. The van der Waals surface area contributed by atoms with Crippen LogP contribution in [0.1, 0.15) is 12.5 Å². The largest absolute Gasteiger partial charge is 0.399 e. The van der Waals surface area contributed by atoms with Gasteiger partial charge in [0.25, 0.3) is 0 Å². The molecule has 4 nitrogen and oxygen atoms in total. The number of halogens is 1. The topological polar surface area (TPSA) is 51.4 Å². The van der Waals surface area contributed by atoms with Crippen molar-refractivity contribution in [3.63, 3.8) is 0 Å². The van der Waals surface area contributed by atoms with Gasteiger partial charge in [-0.15, -0.1) is 0 Å². The lowest BCUT2D eigenvalue weighted by Crippen LogP contribution is -2.26. The van der Waals surface area contributed by atoms with E-state index in [1.54, 1.807) is 7.11 Å². The van der Waals surface area contributed by atoms with Gasteiger partial charge in [-0.2, -0.15) is 0 Å². The van der Waals surface area contributed by atoms with Crippen LogP contribution in [-0.2, 0) is 11.3 Å². The van der Waals surface area contributed by atoms with E-state index in [9.17, 15) is 0 Å². The van der Waals surface area contributed by atoms with Crippen LogP contribution in [0.4, 0.5) is 5.69 Å². The number of methoxy groups -OCH3 is 1. The van der Waals surface area contributed by atoms with E-state index in [-0.39, 0.29) is 0 Å². The van der Waals surface area contributed by atoms with Gasteiger partial charge in [0.15, 0.2) is 0 Å². The summed E-state index contributed by atoms with van der Waals surface area (Å²) in [4.78, 5) is 7.17. The van der Waals surface area contributed by atoms with Gasteiger partial charge in [0.2, 0.25) is 0 Å². The van der Waals surface area contributed by atoms with Gasteiger partial charge in [-0.1, -0.05) is 42.8 Å². The highest BCUT2D eigenvalue weighted by Crippen LogP contribution is 2.30. The van der Waals surface area contributed by atoms with Crippen LogP contribution in [0.2, 0.25) is 5.02 Å². The first-order valence-corrected chi connectivity index (χ1v) is 9.15. The highest BCUT2D eigenvalue weighted by atomic mass is 35.5. The predicted molar refractivity (Wildman–Crippen MR) is 109 cm³/mol. The summed E-state index contributed by atoms with van der Waals surface area (Å²) in [6.45, 7) is 5.52. The van der Waals surface area contributed by atoms with Gasteiger partial charge < -0.3 is 10.5 Å². The fourth-order valence-electron chi connectivity index (χ4n) is 3.03. The van der Waals surface area contributed by atoms with E-state index in [0.717, 1.165) is 47.5 Å². The van der Waals surface area contributed by atoms with Crippen LogP contribution in [0, 0.1) is 0 Å². The van der Waals surface area contributed by atoms with Crippen molar-refractivity contribution >= 4 is 28.2 Å². The number of benzene rings is 2. The average Bonchev–Trinajstić information content (AvgIpc) is 2.66. The van der Waals surface area contributed by atoms with Crippen molar-refractivity contribution in [3.05, 3.63) is 59.1 Å². The number of nitrogen functional groups attached to an aromatic ring is 1. The molecule has 26 heavy (non-hydrogen) atoms. The van der Waals surface area contributed by atoms with E-state index in [4.69, 9.17) is 27.1 Å². The Balaban J connectivity index is 2.07. The zero-order valence-corrected chi connectivity index (χ0v) is 16.0. The smallest absolute Gasteiger partial charge is 0.0898 e. The van der Waals surface area contributed by atoms with Crippen molar-refractivity contribution in [1.29, 1.82) is 0 Å². The standard InChI is InChI=1S/C21H24ClN3O/c1-3-25(11-12-26-2)14-16-13-20(15-7-9-17(23)10-8-15)24-21-18(16)5-4-6-19(21)22/h4-10,13H,3,11-12,14,23H2,1-2H3. The van der Waals surface area contributed by atoms with Gasteiger partial charge >= 0.3 is 0 Å². The van der Waals surface area contributed by atoms with Crippen molar-refractivity contribution in [2.45, 2.75) is 13.5 Å². The number of ether oxygens (including phenoxy) is 1. The summed E-state index contributed by atoms with van der Waals surface area (Å²) in [6, 6.07) is 15.9. The summed E-state index contributed by atoms with van der Waals surface area (Å²) >= 11 is 6.45. The molecule has 0 unspecified atom stereocenters. The van der Waals surface area contributed by atoms with E-state index in [0.29, 0.717) is 11.6 Å². The lowest BCUT2D eigenvalue weighted by Gasteiger charge is -2.21. The molecular weight excluding hydrogens is 346 g/mol. The van der Waals surface area contributed by atoms with Crippen LogP contribution < -0.4 is 5.73 Å². The molecule has 0 saturated carbocycles. The molecule has 3 aromatic rings. The molecule has 5 heteroatoms. The van der Waals surface area contributed by atoms with E-state index in [1.807, 2.05) is 36.4 Å². The van der Waals surface area contributed by atoms with E-state index < -0.39 is 0 Å². The number of pyridine rings is 1. The number of hydrogen-bond donors (Lipinski definition) is 1. The van der Waals surface area contributed by atoms with Crippen molar-refractivity contribution in [2.75, 3.05) is 32.5 Å². The highest BCUT2D eigenvalue weighted by molar-refractivity contribution is 6.35. The molecule has 0 radical (unpaired) electrons. The van der Waals surface area contributed by atoms with Gasteiger partial charge in [0, 0.05) is 36.8 Å². The van der Waals surface area contributed by atoms with Crippen LogP contribution in [0.5, 0.6) is 0 Å². The van der Waals surface area contributed by atoms with Gasteiger partial charge in [0.05, 0.1) is 22.8 Å². The molecule has 2 N–H and O–H groups in total. The maximum Gasteiger partial charge on any atom is 0.0898 e. The molecule has 0 atom stereocenters. The average molecular weight is 370 g/mol. The Morgan fingerprint density at radius 2 is 1.92 bits per heavy atom. The first-order valence-electron chi connectivity index (χ1n) is 8.77. The molecule has 3 rings (SSSR count). The monoisotopic (exact) mass is 369 g/mol. The normalized spacial score (nSPS) is 11.4. The number of aromatic nitrogens is 1. The summed E-state index contributed by atoms with van der Waals surface area (Å²) in [5, 5.41) is 1.76. The molecule has 136 valence electrons. The number of anilines is 1. The van der Waals surface area contributed by atoms with Crippen molar-refractivity contribution < 1.29 is 4.74 Å². The first-order chi connectivity index (χ1) is 12.6. The highest BCUT2D eigenvalue weighted by Gasteiger charge is 2.13. The summed E-state index contributed by atoms with van der Waals surface area (Å²) in [5.74, 6) is 0. The molecule has 0 spiro atoms. The molecule has 0 aliphatic rings. The molecule has 0 amide bonds. The Kier molecular flexibility index (Phi) is 6.09. The SMILES string of the molecule is CCN(CCOC)Cc1cc(-c2ccc(N)cc2)nc2c(Cl)cccc12. The summed E-state index contributed by atoms with van der Waals surface area (Å²) in [7, 11) is 1.73. The van der Waals surface area contributed by atoms with Crippen LogP contribution in [-0.4, -0.2) is 36.7 Å². The van der Waals surface area contributed by atoms with Gasteiger partial charge in [-0.3, -0.25) is 4.90 Å². The second kappa shape index (κ2) is 8.49. The van der Waals surface area contributed by atoms with Crippen LogP contribution in [0.3, 0.4) is 0 Å². The minimum absolute atomic E-state index is 0.668. The van der Waals surface area contributed by atoms with Gasteiger partial charge in [-0.25, -0.2) is 4.98 Å². The second-order valence-corrected chi connectivity index (χ2v) is 6.69. The van der Waals surface area contributed by atoms with Gasteiger partial charge in [-0.05, 0) is 36.4 Å². The number of nitrogens with two attached hydrogens (primary N) is 1. The second-order valence-electron chi connectivity index (χ2n) is 6.29. The summed E-state index contributed by atoms with van der Waals surface area (Å²) in [6.07, 6.45) is 0. The third-order valence-corrected chi connectivity index (χ3v) is 4.84. The number of hydrogen-bond acceptors (Lipinski definition) is 4. The number of likely N-dealkylation sites (N-methyl/N-ethyl adjacent to an activating group) is 1. The number of nitrogens with zero attached hydrogens (tertiary/aromatic N) is 2. The van der Waals surface area contributed by atoms with E-state index >= 15 is 0 Å². The Labute approximate surface area is 159 Å². The molecule has 2 aromatic carbocycles. The maximum absolute atomic E-state index is 6.45. The molecular formula is C21H24ClN3O. The van der Waals surface area contributed by atoms with E-state index in [1.165, 1.54) is 5.56 Å². The molecule has 0 saturated heterocycles. The Bertz CT molecular complexity index is 880. The van der Waals surface area contributed by atoms with Crippen LogP contribution >= 0.6 is 11.6 Å². The Hall–Kier alpha value is -2.14. The van der Waals surface area contributed by atoms with Crippen LogP contribution in [0.15, 0.2) is 48.5 Å². The third-order valence-electron chi connectivity index (χ3n) is 4.54. The number of para-hydroxylation sites is 1. The minimum atomic E-state index is 0.668. The van der Waals surface area contributed by atoms with Crippen molar-refractivity contribution in [3.8, 4) is 11.3 Å². The number of rotatable bonds is 7. The lowest BCUT2D eigenvalue weighted by molar-refractivity contribution is 0.147. The van der Waals surface area contributed by atoms with Gasteiger partial charge in [0.1, 0.15) is 0 Å².